The van der Waals surface area contributed by atoms with Crippen molar-refractivity contribution >= 4 is 21.8 Å². The fraction of sp³-hybridized carbons (Fsp3) is 0.680. The van der Waals surface area contributed by atoms with Crippen molar-refractivity contribution in [1.82, 2.24) is 14.5 Å². The van der Waals surface area contributed by atoms with Gasteiger partial charge in [0.05, 0.1) is 18.9 Å². The number of carbonyl (C=O) groups excluding carboxylic acids is 2. The number of nitrogens with zero attached hydrogens (tertiary/aromatic N) is 2. The van der Waals surface area contributed by atoms with Crippen molar-refractivity contribution in [3.63, 3.8) is 0 Å². The molecule has 1 saturated carbocycles. The van der Waals surface area contributed by atoms with Crippen LogP contribution in [0.2, 0.25) is 0 Å². The van der Waals surface area contributed by atoms with Gasteiger partial charge in [-0.15, -0.1) is 0 Å². The number of nitrogens with one attached hydrogen (secondary N) is 1. The Kier molecular flexibility index (Phi) is 8.62. The molecule has 0 radical (unpaired) electrons. The van der Waals surface area contributed by atoms with Crippen LogP contribution in [-0.2, 0) is 26.2 Å². The number of hydrogen-bond donors (Lipinski definition) is 1. The van der Waals surface area contributed by atoms with E-state index < -0.39 is 15.6 Å². The standard InChI is InChI=1S/C25H39N3O5S/c1-19(2)33-22-14-12-20(13-15-22)16-28-23(29)17-27(34(4,31)32)18-25(28,3)24(30)26-21-10-8-6-5-7-9-11-21/h12-15,19,21H,5-11,16-18H2,1-4H3,(H,26,30)/t25-/m0/s1. The molecule has 1 aliphatic carbocycles. The van der Waals surface area contributed by atoms with Gasteiger partial charge < -0.3 is 15.0 Å². The smallest absolute Gasteiger partial charge is 0.247 e. The van der Waals surface area contributed by atoms with E-state index in [0.29, 0.717) is 0 Å². The van der Waals surface area contributed by atoms with E-state index in [-0.39, 0.29) is 43.6 Å². The van der Waals surface area contributed by atoms with Crippen molar-refractivity contribution in [3.8, 4) is 5.75 Å². The number of amides is 2. The molecule has 1 atom stereocenters. The van der Waals surface area contributed by atoms with E-state index in [9.17, 15) is 18.0 Å². The van der Waals surface area contributed by atoms with Crippen molar-refractivity contribution in [2.24, 2.45) is 0 Å². The number of rotatable bonds is 7. The van der Waals surface area contributed by atoms with Crippen molar-refractivity contribution in [1.29, 1.82) is 0 Å². The number of piperazine rings is 1. The Morgan fingerprint density at radius 3 is 2.26 bits per heavy atom. The van der Waals surface area contributed by atoms with E-state index >= 15 is 0 Å². The summed E-state index contributed by atoms with van der Waals surface area (Å²) in [6.45, 7) is 5.47. The van der Waals surface area contributed by atoms with Gasteiger partial charge in [0.25, 0.3) is 0 Å². The average Bonchev–Trinajstić information content (AvgIpc) is 2.72. The minimum atomic E-state index is -3.63. The fourth-order valence-corrected chi connectivity index (χ4v) is 5.59. The number of benzene rings is 1. The van der Waals surface area contributed by atoms with E-state index in [1.165, 1.54) is 11.3 Å². The number of hydrogen-bond acceptors (Lipinski definition) is 5. The minimum Gasteiger partial charge on any atom is -0.491 e. The lowest BCUT2D eigenvalue weighted by Gasteiger charge is -2.47. The highest BCUT2D eigenvalue weighted by molar-refractivity contribution is 7.88. The van der Waals surface area contributed by atoms with Gasteiger partial charge in [-0.1, -0.05) is 44.2 Å². The summed E-state index contributed by atoms with van der Waals surface area (Å²) in [4.78, 5) is 28.4. The first-order chi connectivity index (χ1) is 16.0. The molecule has 1 saturated heterocycles. The lowest BCUT2D eigenvalue weighted by Crippen LogP contribution is -2.69. The molecule has 2 aliphatic rings. The molecular weight excluding hydrogens is 454 g/mol. The van der Waals surface area contributed by atoms with E-state index in [0.717, 1.165) is 60.4 Å². The first kappa shape index (κ1) is 26.5. The molecule has 9 heteroatoms. The molecule has 190 valence electrons. The molecule has 1 aromatic carbocycles. The van der Waals surface area contributed by atoms with Crippen LogP contribution in [0.5, 0.6) is 5.75 Å². The Bertz CT molecular complexity index is 955. The number of carbonyl (C=O) groups is 2. The molecule has 1 aliphatic heterocycles. The maximum absolute atomic E-state index is 13.6. The van der Waals surface area contributed by atoms with Crippen LogP contribution in [-0.4, -0.2) is 66.5 Å². The Balaban J connectivity index is 1.84. The van der Waals surface area contributed by atoms with Crippen LogP contribution >= 0.6 is 0 Å². The molecule has 1 N–H and O–H groups in total. The first-order valence-electron chi connectivity index (χ1n) is 12.3. The number of ether oxygens (including phenoxy) is 1. The summed E-state index contributed by atoms with van der Waals surface area (Å²) >= 11 is 0. The molecule has 3 rings (SSSR count). The normalized spacial score (nSPS) is 23.4. The van der Waals surface area contributed by atoms with Gasteiger partial charge in [-0.3, -0.25) is 9.59 Å². The van der Waals surface area contributed by atoms with Crippen LogP contribution in [0.3, 0.4) is 0 Å². The second-order valence-electron chi connectivity index (χ2n) is 10.1. The van der Waals surface area contributed by atoms with Crippen LogP contribution in [0.1, 0.15) is 71.3 Å². The van der Waals surface area contributed by atoms with Crippen LogP contribution in [0.4, 0.5) is 0 Å². The largest absolute Gasteiger partial charge is 0.491 e. The average molecular weight is 494 g/mol. The molecular formula is C25H39N3O5S. The van der Waals surface area contributed by atoms with E-state index in [4.69, 9.17) is 4.74 Å². The summed E-state index contributed by atoms with van der Waals surface area (Å²) in [6.07, 6.45) is 8.61. The van der Waals surface area contributed by atoms with Crippen molar-refractivity contribution in [2.75, 3.05) is 19.3 Å². The molecule has 1 heterocycles. The van der Waals surface area contributed by atoms with Crippen molar-refractivity contribution in [3.05, 3.63) is 29.8 Å². The third-order valence-corrected chi connectivity index (χ3v) is 7.92. The molecule has 0 spiro atoms. The predicted molar refractivity (Wildman–Crippen MR) is 132 cm³/mol. The SMILES string of the molecule is CC(C)Oc1ccc(CN2C(=O)CN(S(C)(=O)=O)C[C@@]2(C)C(=O)NC2CCCCCCC2)cc1. The van der Waals surface area contributed by atoms with Gasteiger partial charge in [-0.2, -0.15) is 4.31 Å². The molecule has 2 fully saturated rings. The summed E-state index contributed by atoms with van der Waals surface area (Å²) in [7, 11) is -3.63. The highest BCUT2D eigenvalue weighted by Crippen LogP contribution is 2.28. The summed E-state index contributed by atoms with van der Waals surface area (Å²) in [5.41, 5.74) is -0.462. The molecule has 1 aromatic rings. The van der Waals surface area contributed by atoms with Crippen LogP contribution in [0.15, 0.2) is 24.3 Å². The van der Waals surface area contributed by atoms with Gasteiger partial charge in [-0.05, 0) is 51.3 Å². The molecule has 8 nitrogen and oxygen atoms in total. The summed E-state index contributed by atoms with van der Waals surface area (Å²) in [5.74, 6) is 0.0609. The Morgan fingerprint density at radius 1 is 1.12 bits per heavy atom. The minimum absolute atomic E-state index is 0.0441. The molecule has 0 aromatic heterocycles. The quantitative estimate of drug-likeness (QED) is 0.630. The van der Waals surface area contributed by atoms with Gasteiger partial charge in [0.15, 0.2) is 0 Å². The van der Waals surface area contributed by atoms with Crippen molar-refractivity contribution in [2.45, 2.75) is 89.9 Å². The zero-order chi connectivity index (χ0) is 24.9. The maximum atomic E-state index is 13.6. The monoisotopic (exact) mass is 493 g/mol. The van der Waals surface area contributed by atoms with Gasteiger partial charge in [0.1, 0.15) is 11.3 Å². The van der Waals surface area contributed by atoms with E-state index in [2.05, 4.69) is 5.32 Å². The van der Waals surface area contributed by atoms with Crippen LogP contribution in [0, 0.1) is 0 Å². The lowest BCUT2D eigenvalue weighted by atomic mass is 9.92. The molecule has 34 heavy (non-hydrogen) atoms. The van der Waals surface area contributed by atoms with Gasteiger partial charge >= 0.3 is 0 Å². The Morgan fingerprint density at radius 2 is 1.71 bits per heavy atom. The van der Waals surface area contributed by atoms with Crippen LogP contribution < -0.4 is 10.1 Å². The lowest BCUT2D eigenvalue weighted by molar-refractivity contribution is -0.154. The highest BCUT2D eigenvalue weighted by Gasteiger charge is 2.49. The second-order valence-corrected chi connectivity index (χ2v) is 12.1. The Hall–Kier alpha value is -2.13. The second kappa shape index (κ2) is 11.1. The predicted octanol–water partition coefficient (Wildman–Crippen LogP) is 3.07. The highest BCUT2D eigenvalue weighted by atomic mass is 32.2. The first-order valence-corrected chi connectivity index (χ1v) is 14.2. The third kappa shape index (κ3) is 6.72. The Labute approximate surface area is 204 Å². The zero-order valence-corrected chi connectivity index (χ0v) is 21.7. The molecule has 0 bridgehead atoms. The maximum Gasteiger partial charge on any atom is 0.247 e. The third-order valence-electron chi connectivity index (χ3n) is 6.73. The fourth-order valence-electron chi connectivity index (χ4n) is 4.76. The topological polar surface area (TPSA) is 96.0 Å². The molecule has 0 unspecified atom stereocenters. The summed E-state index contributed by atoms with van der Waals surface area (Å²) < 4.78 is 31.4. The molecule has 2 amide bonds. The van der Waals surface area contributed by atoms with Gasteiger partial charge in [0, 0.05) is 19.1 Å². The summed E-state index contributed by atoms with van der Waals surface area (Å²) in [5, 5.41) is 3.16. The van der Waals surface area contributed by atoms with E-state index in [1.807, 2.05) is 38.1 Å². The van der Waals surface area contributed by atoms with Crippen molar-refractivity contribution < 1.29 is 22.7 Å². The van der Waals surface area contributed by atoms with Gasteiger partial charge in [0.2, 0.25) is 21.8 Å². The van der Waals surface area contributed by atoms with E-state index in [1.54, 1.807) is 6.92 Å². The summed E-state index contributed by atoms with van der Waals surface area (Å²) in [6, 6.07) is 7.49. The van der Waals surface area contributed by atoms with Crippen LogP contribution in [0.25, 0.3) is 0 Å². The zero-order valence-electron chi connectivity index (χ0n) is 20.9. The van der Waals surface area contributed by atoms with Gasteiger partial charge in [-0.25, -0.2) is 8.42 Å². The number of sulfonamides is 1.